The molecule has 1 aromatic rings. The van der Waals surface area contributed by atoms with Crippen LogP contribution in [0.1, 0.15) is 50.9 Å². The molecule has 1 heterocycles. The first kappa shape index (κ1) is 14.2. The fourth-order valence-corrected chi connectivity index (χ4v) is 2.67. The van der Waals surface area contributed by atoms with Gasteiger partial charge in [0.15, 0.2) is 0 Å². The summed E-state index contributed by atoms with van der Waals surface area (Å²) in [6, 6.07) is 0. The zero-order valence-electron chi connectivity index (χ0n) is 12.0. The summed E-state index contributed by atoms with van der Waals surface area (Å²) in [5, 5.41) is 0. The lowest BCUT2D eigenvalue weighted by Gasteiger charge is -2.41. The molecule has 0 bridgehead atoms. The van der Waals surface area contributed by atoms with Gasteiger partial charge in [-0.1, -0.05) is 13.8 Å². The van der Waals surface area contributed by atoms with E-state index in [0.29, 0.717) is 16.8 Å². The van der Waals surface area contributed by atoms with Gasteiger partial charge in [0.05, 0.1) is 0 Å². The molecule has 0 spiro atoms. The molecule has 106 valence electrons. The summed E-state index contributed by atoms with van der Waals surface area (Å²) in [5.74, 6) is 0.632. The monoisotopic (exact) mass is 265 g/mol. The topological polar surface area (TPSA) is 81.0 Å². The normalized spacial score (nSPS) is 21.3. The van der Waals surface area contributed by atoms with E-state index >= 15 is 0 Å². The number of nitrogens with two attached hydrogens (primary N) is 1. The van der Waals surface area contributed by atoms with Gasteiger partial charge in [0.2, 0.25) is 0 Å². The fourth-order valence-electron chi connectivity index (χ4n) is 2.67. The largest absolute Gasteiger partial charge is 0.370 e. The Bertz CT molecular complexity index is 498. The number of hydrogen-bond acceptors (Lipinski definition) is 4. The Morgan fingerprint density at radius 2 is 2.00 bits per heavy atom. The first-order chi connectivity index (χ1) is 8.92. The van der Waals surface area contributed by atoms with Crippen molar-refractivity contribution < 1.29 is 4.74 Å². The van der Waals surface area contributed by atoms with Gasteiger partial charge in [0.25, 0.3) is 5.56 Å². The third-order valence-electron chi connectivity index (χ3n) is 4.33. The molecule has 1 saturated carbocycles. The Morgan fingerprint density at radius 1 is 1.37 bits per heavy atom. The molecule has 1 aromatic heterocycles. The summed E-state index contributed by atoms with van der Waals surface area (Å²) in [7, 11) is 1.69. The maximum Gasteiger partial charge on any atom is 0.255 e. The van der Waals surface area contributed by atoms with Gasteiger partial charge >= 0.3 is 0 Å². The molecule has 1 fully saturated rings. The fraction of sp³-hybridized carbons (Fsp3) is 0.714. The van der Waals surface area contributed by atoms with Crippen molar-refractivity contribution in [3.8, 4) is 0 Å². The first-order valence-corrected chi connectivity index (χ1v) is 6.76. The Kier molecular flexibility index (Phi) is 3.78. The number of ether oxygens (including phenoxy) is 1. The first-order valence-electron chi connectivity index (χ1n) is 6.76. The van der Waals surface area contributed by atoms with E-state index in [1.807, 2.05) is 0 Å². The Balaban J connectivity index is 2.32. The van der Waals surface area contributed by atoms with Crippen molar-refractivity contribution in [2.45, 2.75) is 51.7 Å². The lowest BCUT2D eigenvalue weighted by atomic mass is 9.70. The van der Waals surface area contributed by atoms with E-state index in [2.05, 4.69) is 23.8 Å². The van der Waals surface area contributed by atoms with E-state index in [1.54, 1.807) is 13.3 Å². The number of hydrogen-bond donors (Lipinski definition) is 2. The van der Waals surface area contributed by atoms with Crippen LogP contribution in [0.4, 0.5) is 0 Å². The molecule has 2 rings (SSSR count). The maximum absolute atomic E-state index is 11.9. The molecule has 0 unspecified atom stereocenters. The lowest BCUT2D eigenvalue weighted by molar-refractivity contribution is -0.0731. The van der Waals surface area contributed by atoms with Crippen LogP contribution in [0.25, 0.3) is 0 Å². The third-order valence-corrected chi connectivity index (χ3v) is 4.33. The molecule has 0 atom stereocenters. The van der Waals surface area contributed by atoms with Crippen LogP contribution in [-0.2, 0) is 16.9 Å². The van der Waals surface area contributed by atoms with Crippen molar-refractivity contribution in [1.29, 1.82) is 0 Å². The van der Waals surface area contributed by atoms with Crippen molar-refractivity contribution in [2.75, 3.05) is 7.11 Å². The number of methoxy groups -OCH3 is 1. The molecule has 0 aliphatic heterocycles. The van der Waals surface area contributed by atoms with Gasteiger partial charge in [-0.3, -0.25) is 4.79 Å². The van der Waals surface area contributed by atoms with Crippen LogP contribution in [0.3, 0.4) is 0 Å². The van der Waals surface area contributed by atoms with Crippen molar-refractivity contribution in [2.24, 2.45) is 11.1 Å². The summed E-state index contributed by atoms with van der Waals surface area (Å²) in [4.78, 5) is 19.1. The highest BCUT2D eigenvalue weighted by Crippen LogP contribution is 2.45. The number of H-pyrrole nitrogens is 1. The minimum absolute atomic E-state index is 0.159. The summed E-state index contributed by atoms with van der Waals surface area (Å²) < 4.78 is 5.72. The van der Waals surface area contributed by atoms with Crippen LogP contribution >= 0.6 is 0 Å². The second kappa shape index (κ2) is 5.06. The van der Waals surface area contributed by atoms with E-state index in [9.17, 15) is 4.79 Å². The minimum Gasteiger partial charge on any atom is -0.370 e. The molecule has 5 nitrogen and oxygen atoms in total. The lowest BCUT2D eigenvalue weighted by Crippen LogP contribution is -2.39. The average molecular weight is 265 g/mol. The molecule has 0 aromatic carbocycles. The van der Waals surface area contributed by atoms with Crippen molar-refractivity contribution in [1.82, 2.24) is 9.97 Å². The van der Waals surface area contributed by atoms with E-state index in [4.69, 9.17) is 10.5 Å². The predicted molar refractivity (Wildman–Crippen MR) is 73.7 cm³/mol. The molecule has 1 aliphatic rings. The Morgan fingerprint density at radius 3 is 2.47 bits per heavy atom. The molecular weight excluding hydrogens is 242 g/mol. The summed E-state index contributed by atoms with van der Waals surface area (Å²) in [5.41, 5.74) is 5.71. The van der Waals surface area contributed by atoms with E-state index in [-0.39, 0.29) is 12.1 Å². The summed E-state index contributed by atoms with van der Waals surface area (Å²) >= 11 is 0. The van der Waals surface area contributed by atoms with Gasteiger partial charge in [0, 0.05) is 25.4 Å². The van der Waals surface area contributed by atoms with Crippen LogP contribution in [0.15, 0.2) is 11.0 Å². The van der Waals surface area contributed by atoms with Crippen LogP contribution in [-0.4, -0.2) is 17.1 Å². The zero-order valence-corrected chi connectivity index (χ0v) is 12.0. The number of rotatable bonds is 3. The van der Waals surface area contributed by atoms with Crippen molar-refractivity contribution in [3.05, 3.63) is 27.9 Å². The number of nitrogens with zero attached hydrogens (tertiary/aromatic N) is 1. The van der Waals surface area contributed by atoms with Crippen LogP contribution in [0, 0.1) is 5.41 Å². The van der Waals surface area contributed by atoms with Crippen LogP contribution in [0.2, 0.25) is 0 Å². The number of nitrogens with one attached hydrogen (secondary N) is 1. The van der Waals surface area contributed by atoms with Gasteiger partial charge < -0.3 is 15.5 Å². The predicted octanol–water partition coefficient (Wildman–Crippen LogP) is 1.67. The van der Waals surface area contributed by atoms with E-state index < -0.39 is 5.60 Å². The number of aromatic nitrogens is 2. The molecule has 19 heavy (non-hydrogen) atoms. The van der Waals surface area contributed by atoms with Gasteiger partial charge in [-0.2, -0.15) is 0 Å². The van der Waals surface area contributed by atoms with Gasteiger partial charge in [0.1, 0.15) is 11.4 Å². The summed E-state index contributed by atoms with van der Waals surface area (Å²) in [6.07, 6.45) is 5.43. The highest BCUT2D eigenvalue weighted by atomic mass is 16.5. The van der Waals surface area contributed by atoms with E-state index in [0.717, 1.165) is 25.7 Å². The molecule has 5 heteroatoms. The highest BCUT2D eigenvalue weighted by molar-refractivity contribution is 5.11. The molecule has 0 radical (unpaired) electrons. The quantitative estimate of drug-likeness (QED) is 0.871. The third kappa shape index (κ3) is 2.72. The standard InChI is InChI=1S/C14H23N3O2/c1-13(2)4-6-14(19-3,7-5-13)12-16-9-10(8-15)11(18)17-12/h9H,4-8,15H2,1-3H3,(H,16,17,18). The second-order valence-electron chi connectivity index (χ2n) is 6.15. The minimum atomic E-state index is -0.457. The molecule has 0 saturated heterocycles. The molecule has 1 aliphatic carbocycles. The Labute approximate surface area is 113 Å². The molecule has 3 N–H and O–H groups in total. The average Bonchev–Trinajstić information content (AvgIpc) is 2.39. The zero-order chi connectivity index (χ0) is 14.1. The maximum atomic E-state index is 11.9. The van der Waals surface area contributed by atoms with Gasteiger partial charge in [-0.15, -0.1) is 0 Å². The van der Waals surface area contributed by atoms with Crippen LogP contribution < -0.4 is 11.3 Å². The number of aromatic amines is 1. The molecular formula is C14H23N3O2. The van der Waals surface area contributed by atoms with Crippen molar-refractivity contribution in [3.63, 3.8) is 0 Å². The van der Waals surface area contributed by atoms with Crippen molar-refractivity contribution >= 4 is 0 Å². The second-order valence-corrected chi connectivity index (χ2v) is 6.15. The SMILES string of the molecule is COC1(c2ncc(CN)c(=O)[nH]2)CCC(C)(C)CC1. The summed E-state index contributed by atoms with van der Waals surface area (Å²) in [6.45, 7) is 4.73. The van der Waals surface area contributed by atoms with E-state index in [1.165, 1.54) is 0 Å². The Hall–Kier alpha value is -1.20. The smallest absolute Gasteiger partial charge is 0.255 e. The molecule has 0 amide bonds. The van der Waals surface area contributed by atoms with Gasteiger partial charge in [-0.25, -0.2) is 4.98 Å². The van der Waals surface area contributed by atoms with Gasteiger partial charge in [-0.05, 0) is 31.1 Å². The highest BCUT2D eigenvalue weighted by Gasteiger charge is 2.41. The van der Waals surface area contributed by atoms with Crippen LogP contribution in [0.5, 0.6) is 0 Å².